The van der Waals surface area contributed by atoms with Crippen LogP contribution in [0, 0.1) is 11.6 Å². The van der Waals surface area contributed by atoms with E-state index in [0.29, 0.717) is 29.1 Å². The fraction of sp³-hybridized carbons (Fsp3) is 0.188. The highest BCUT2D eigenvalue weighted by Crippen LogP contribution is 2.27. The van der Waals surface area contributed by atoms with E-state index in [4.69, 9.17) is 9.88 Å². The third-order valence-electron chi connectivity index (χ3n) is 4.21. The van der Waals surface area contributed by atoms with E-state index in [9.17, 15) is 17.2 Å². The summed E-state index contributed by atoms with van der Waals surface area (Å²) in [5, 5.41) is 4.94. The highest BCUT2D eigenvalue weighted by molar-refractivity contribution is 7.89. The molecule has 2 N–H and O–H groups in total. The summed E-state index contributed by atoms with van der Waals surface area (Å²) >= 11 is 0. The summed E-state index contributed by atoms with van der Waals surface area (Å²) < 4.78 is 56.6. The molecular formula is C16H12F2N6O3S. The van der Waals surface area contributed by atoms with Crippen LogP contribution < -0.4 is 5.14 Å². The van der Waals surface area contributed by atoms with Crippen molar-refractivity contribution in [2.75, 3.05) is 7.11 Å². The minimum Gasteiger partial charge on any atom is -0.467 e. The maximum atomic E-state index is 14.4. The fourth-order valence-corrected chi connectivity index (χ4v) is 3.45. The molecule has 1 aromatic carbocycles. The van der Waals surface area contributed by atoms with E-state index in [2.05, 4.69) is 24.9 Å². The van der Waals surface area contributed by atoms with Crippen molar-refractivity contribution < 1.29 is 21.9 Å². The smallest absolute Gasteiger partial charge is 0.314 e. The van der Waals surface area contributed by atoms with Crippen LogP contribution in [0.2, 0.25) is 0 Å². The third kappa shape index (κ3) is 3.05. The molecule has 28 heavy (non-hydrogen) atoms. The number of sulfonamides is 1. The van der Waals surface area contributed by atoms with E-state index in [1.54, 1.807) is 0 Å². The first kappa shape index (κ1) is 18.3. The molecule has 3 heterocycles. The van der Waals surface area contributed by atoms with Gasteiger partial charge in [-0.25, -0.2) is 32.3 Å². The first-order valence-corrected chi connectivity index (χ1v) is 9.41. The summed E-state index contributed by atoms with van der Waals surface area (Å²) in [4.78, 5) is 20.2. The van der Waals surface area contributed by atoms with Crippen LogP contribution in [-0.4, -0.2) is 49.6 Å². The maximum Gasteiger partial charge on any atom is 0.314 e. The highest BCUT2D eigenvalue weighted by Gasteiger charge is 2.32. The Hall–Kier alpha value is -3.12. The van der Waals surface area contributed by atoms with Crippen molar-refractivity contribution in [2.24, 2.45) is 20.1 Å². The molecule has 0 bridgehead atoms. The Kier molecular flexibility index (Phi) is 4.23. The molecule has 0 saturated heterocycles. The number of aliphatic imine (C=N–C) groups is 3. The molecule has 1 unspecified atom stereocenters. The second-order valence-electron chi connectivity index (χ2n) is 5.93. The van der Waals surface area contributed by atoms with Gasteiger partial charge < -0.3 is 4.74 Å². The molecule has 1 aromatic heterocycles. The van der Waals surface area contributed by atoms with Gasteiger partial charge in [0.25, 0.3) is 0 Å². The number of aromatic nitrogens is 2. The summed E-state index contributed by atoms with van der Waals surface area (Å²) in [5.41, 5.74) is 1.21. The SMILES string of the molecule is COC1=NC2N=Cc3ncnc(Cc4c(F)cc(S(N)(=O)=O)cc4F)c3C2=N1. The molecule has 0 amide bonds. The number of hydrogen-bond acceptors (Lipinski definition) is 8. The van der Waals surface area contributed by atoms with Crippen LogP contribution in [0.15, 0.2) is 38.3 Å². The van der Waals surface area contributed by atoms with Gasteiger partial charge in [-0.15, -0.1) is 0 Å². The second kappa shape index (κ2) is 6.49. The molecule has 0 spiro atoms. The molecule has 2 aliphatic rings. The first-order chi connectivity index (χ1) is 13.3. The van der Waals surface area contributed by atoms with Crippen molar-refractivity contribution in [3.05, 3.63) is 52.6 Å². The molecule has 2 aliphatic heterocycles. The molecule has 12 heteroatoms. The molecule has 4 rings (SSSR count). The Bertz CT molecular complexity index is 1170. The molecule has 0 fully saturated rings. The number of primary sulfonamides is 1. The summed E-state index contributed by atoms with van der Waals surface area (Å²) in [6.07, 6.45) is 1.80. The summed E-state index contributed by atoms with van der Waals surface area (Å²) in [6.45, 7) is 0. The lowest BCUT2D eigenvalue weighted by Gasteiger charge is -2.17. The Morgan fingerprint density at radius 1 is 1.21 bits per heavy atom. The van der Waals surface area contributed by atoms with Crippen LogP contribution in [0.1, 0.15) is 22.5 Å². The van der Waals surface area contributed by atoms with Crippen LogP contribution >= 0.6 is 0 Å². The van der Waals surface area contributed by atoms with Gasteiger partial charge in [0, 0.05) is 17.5 Å². The van der Waals surface area contributed by atoms with E-state index in [0.717, 1.165) is 0 Å². The molecule has 1 atom stereocenters. The Balaban J connectivity index is 1.79. The zero-order chi connectivity index (χ0) is 20.1. The Morgan fingerprint density at radius 2 is 1.93 bits per heavy atom. The Morgan fingerprint density at radius 3 is 2.57 bits per heavy atom. The predicted octanol–water partition coefficient (Wildman–Crippen LogP) is 0.557. The van der Waals surface area contributed by atoms with E-state index >= 15 is 0 Å². The predicted molar refractivity (Wildman–Crippen MR) is 94.9 cm³/mol. The standard InChI is InChI=1S/C16H12F2N6O3S/c1-27-16-23-14-13-11(21-6-22-12(13)5-20-15(14)24-16)4-8-9(17)2-7(3-10(8)18)28(19,25)26/h2-3,5-6,15H,4H2,1H3,(H2,19,25,26). The van der Waals surface area contributed by atoms with Crippen LogP contribution in [0.25, 0.3) is 0 Å². The van der Waals surface area contributed by atoms with Gasteiger partial charge in [0.1, 0.15) is 23.7 Å². The fourth-order valence-electron chi connectivity index (χ4n) is 2.91. The summed E-state index contributed by atoms with van der Waals surface area (Å²) in [5.74, 6) is -2.11. The average molecular weight is 406 g/mol. The van der Waals surface area contributed by atoms with Crippen LogP contribution in [0.3, 0.4) is 0 Å². The van der Waals surface area contributed by atoms with Crippen molar-refractivity contribution in [1.29, 1.82) is 0 Å². The number of hydrogen-bond donors (Lipinski definition) is 1. The van der Waals surface area contributed by atoms with Crippen molar-refractivity contribution in [3.8, 4) is 0 Å². The van der Waals surface area contributed by atoms with Crippen molar-refractivity contribution >= 4 is 28.0 Å². The molecule has 2 aromatic rings. The van der Waals surface area contributed by atoms with E-state index < -0.39 is 32.7 Å². The minimum absolute atomic E-state index is 0.120. The van der Waals surface area contributed by atoms with Gasteiger partial charge in [0.05, 0.1) is 29.6 Å². The summed E-state index contributed by atoms with van der Waals surface area (Å²) in [7, 11) is -2.84. The topological polar surface area (TPSA) is 132 Å². The molecule has 0 aliphatic carbocycles. The van der Waals surface area contributed by atoms with Crippen molar-refractivity contribution in [2.45, 2.75) is 17.5 Å². The average Bonchev–Trinajstić information content (AvgIpc) is 3.07. The number of benzene rings is 1. The van der Waals surface area contributed by atoms with Gasteiger partial charge in [-0.1, -0.05) is 0 Å². The monoisotopic (exact) mass is 406 g/mol. The number of rotatable bonds is 3. The minimum atomic E-state index is -4.24. The molecule has 144 valence electrons. The van der Waals surface area contributed by atoms with Crippen LogP contribution in [0.5, 0.6) is 0 Å². The second-order valence-corrected chi connectivity index (χ2v) is 7.49. The number of fused-ring (bicyclic) bond motifs is 3. The summed E-state index contributed by atoms with van der Waals surface area (Å²) in [6, 6.07) is 1.46. The van der Waals surface area contributed by atoms with E-state index in [-0.39, 0.29) is 23.7 Å². The lowest BCUT2D eigenvalue weighted by atomic mass is 9.97. The quantitative estimate of drug-likeness (QED) is 0.795. The number of nitrogens with zero attached hydrogens (tertiary/aromatic N) is 5. The number of amidine groups is 1. The van der Waals surface area contributed by atoms with Gasteiger partial charge in [-0.3, -0.25) is 4.99 Å². The zero-order valence-corrected chi connectivity index (χ0v) is 15.1. The van der Waals surface area contributed by atoms with Gasteiger partial charge in [-0.05, 0) is 12.1 Å². The lowest BCUT2D eigenvalue weighted by Crippen LogP contribution is -2.24. The lowest BCUT2D eigenvalue weighted by molar-refractivity contribution is 0.396. The molecular weight excluding hydrogens is 394 g/mol. The maximum absolute atomic E-state index is 14.4. The largest absolute Gasteiger partial charge is 0.467 e. The van der Waals surface area contributed by atoms with Gasteiger partial charge in [0.2, 0.25) is 10.0 Å². The number of methoxy groups -OCH3 is 1. The van der Waals surface area contributed by atoms with Crippen molar-refractivity contribution in [3.63, 3.8) is 0 Å². The van der Waals surface area contributed by atoms with Gasteiger partial charge in [-0.2, -0.15) is 9.98 Å². The number of nitrogens with two attached hydrogens (primary N) is 1. The molecule has 0 saturated carbocycles. The highest BCUT2D eigenvalue weighted by atomic mass is 32.2. The van der Waals surface area contributed by atoms with Crippen LogP contribution in [0.4, 0.5) is 8.78 Å². The van der Waals surface area contributed by atoms with E-state index in [1.807, 2.05) is 0 Å². The van der Waals surface area contributed by atoms with Gasteiger partial charge in [0.15, 0.2) is 6.17 Å². The van der Waals surface area contributed by atoms with Crippen LogP contribution in [-0.2, 0) is 21.2 Å². The van der Waals surface area contributed by atoms with E-state index in [1.165, 1.54) is 19.7 Å². The number of halogens is 2. The first-order valence-electron chi connectivity index (χ1n) is 7.86. The normalized spacial score (nSPS) is 17.6. The molecule has 9 nitrogen and oxygen atoms in total. The zero-order valence-electron chi connectivity index (χ0n) is 14.3. The number of ether oxygens (including phenoxy) is 1. The van der Waals surface area contributed by atoms with Gasteiger partial charge >= 0.3 is 6.02 Å². The van der Waals surface area contributed by atoms with Crippen molar-refractivity contribution in [1.82, 2.24) is 9.97 Å². The Labute approximate surface area is 157 Å². The molecule has 0 radical (unpaired) electrons. The third-order valence-corrected chi connectivity index (χ3v) is 5.11.